The monoisotopic (exact) mass is 310 g/mol. The molecule has 0 fully saturated rings. The third-order valence-electron chi connectivity index (χ3n) is 4.00. The van der Waals surface area contributed by atoms with Crippen molar-refractivity contribution in [3.05, 3.63) is 54.1 Å². The van der Waals surface area contributed by atoms with Crippen LogP contribution in [0.3, 0.4) is 0 Å². The van der Waals surface area contributed by atoms with Gasteiger partial charge in [-0.25, -0.2) is 0 Å². The predicted octanol–water partition coefficient (Wildman–Crippen LogP) is 5.91. The first kappa shape index (κ1) is 17.3. The van der Waals surface area contributed by atoms with Crippen molar-refractivity contribution in [3.8, 4) is 16.9 Å². The summed E-state index contributed by atoms with van der Waals surface area (Å²) in [6.07, 6.45) is 8.28. The van der Waals surface area contributed by atoms with E-state index >= 15 is 0 Å². The van der Waals surface area contributed by atoms with Crippen LogP contribution in [0.15, 0.2) is 48.5 Å². The maximum Gasteiger partial charge on any atom is 0.153 e. The van der Waals surface area contributed by atoms with Crippen LogP contribution in [0.2, 0.25) is 0 Å². The molecule has 0 spiro atoms. The summed E-state index contributed by atoms with van der Waals surface area (Å²) >= 11 is 0. The molecular formula is C21H26O2. The van der Waals surface area contributed by atoms with Crippen LogP contribution in [0.25, 0.3) is 11.1 Å². The number of carbonyl (C=O) groups excluding carboxylic acids is 1. The van der Waals surface area contributed by atoms with E-state index in [1.165, 1.54) is 32.1 Å². The maximum atomic E-state index is 11.3. The zero-order valence-corrected chi connectivity index (χ0v) is 14.0. The molecule has 0 N–H and O–H groups in total. The van der Waals surface area contributed by atoms with E-state index in [1.807, 2.05) is 48.5 Å². The largest absolute Gasteiger partial charge is 0.493 e. The summed E-state index contributed by atoms with van der Waals surface area (Å²) < 4.78 is 5.79. The molecule has 0 radical (unpaired) electrons. The topological polar surface area (TPSA) is 26.3 Å². The lowest BCUT2D eigenvalue weighted by molar-refractivity contribution is 0.111. The fourth-order valence-electron chi connectivity index (χ4n) is 2.65. The molecule has 122 valence electrons. The second-order valence-electron chi connectivity index (χ2n) is 5.85. The average Bonchev–Trinajstić information content (AvgIpc) is 2.61. The molecule has 0 aliphatic rings. The van der Waals surface area contributed by atoms with Crippen LogP contribution in [0.1, 0.15) is 55.8 Å². The van der Waals surface area contributed by atoms with E-state index in [2.05, 4.69) is 6.92 Å². The third-order valence-corrected chi connectivity index (χ3v) is 4.00. The minimum atomic E-state index is 0.623. The van der Waals surface area contributed by atoms with E-state index in [1.54, 1.807) is 0 Å². The smallest absolute Gasteiger partial charge is 0.153 e. The molecule has 0 amide bonds. The second-order valence-corrected chi connectivity index (χ2v) is 5.85. The molecule has 2 aromatic carbocycles. The number of benzene rings is 2. The van der Waals surface area contributed by atoms with E-state index in [0.717, 1.165) is 23.8 Å². The molecule has 0 saturated heterocycles. The molecule has 0 bridgehead atoms. The van der Waals surface area contributed by atoms with Gasteiger partial charge in [0.2, 0.25) is 0 Å². The minimum absolute atomic E-state index is 0.623. The Morgan fingerprint density at radius 2 is 1.61 bits per heavy atom. The highest BCUT2D eigenvalue weighted by Gasteiger charge is 2.06. The van der Waals surface area contributed by atoms with Crippen LogP contribution in [0.4, 0.5) is 0 Å². The highest BCUT2D eigenvalue weighted by molar-refractivity contribution is 5.83. The maximum absolute atomic E-state index is 11.3. The quantitative estimate of drug-likeness (QED) is 0.403. The summed E-state index contributed by atoms with van der Waals surface area (Å²) in [7, 11) is 0. The van der Waals surface area contributed by atoms with Crippen LogP contribution < -0.4 is 4.74 Å². The van der Waals surface area contributed by atoms with E-state index in [4.69, 9.17) is 4.74 Å². The number of ether oxygens (including phenoxy) is 1. The fraction of sp³-hybridized carbons (Fsp3) is 0.381. The number of aldehydes is 1. The molecule has 2 rings (SSSR count). The van der Waals surface area contributed by atoms with Gasteiger partial charge in [0.05, 0.1) is 12.2 Å². The lowest BCUT2D eigenvalue weighted by atomic mass is 10.0. The van der Waals surface area contributed by atoms with E-state index in [-0.39, 0.29) is 0 Å². The molecule has 0 atom stereocenters. The Kier molecular flexibility index (Phi) is 7.38. The van der Waals surface area contributed by atoms with Crippen molar-refractivity contribution in [1.29, 1.82) is 0 Å². The number of carbonyl (C=O) groups is 1. The van der Waals surface area contributed by atoms with E-state index in [9.17, 15) is 4.79 Å². The zero-order chi connectivity index (χ0) is 16.3. The Bertz CT molecular complexity index is 590. The number of unbranched alkanes of at least 4 members (excludes halogenated alkanes) is 5. The minimum Gasteiger partial charge on any atom is -0.493 e. The van der Waals surface area contributed by atoms with Crippen molar-refractivity contribution < 1.29 is 9.53 Å². The molecule has 0 aliphatic carbocycles. The van der Waals surface area contributed by atoms with Crippen LogP contribution in [-0.2, 0) is 0 Å². The molecule has 0 heterocycles. The van der Waals surface area contributed by atoms with Gasteiger partial charge in [0, 0.05) is 0 Å². The van der Waals surface area contributed by atoms with Crippen molar-refractivity contribution in [1.82, 2.24) is 0 Å². The summed E-state index contributed by atoms with van der Waals surface area (Å²) in [5.74, 6) is 0.688. The Balaban J connectivity index is 1.89. The normalized spacial score (nSPS) is 10.5. The van der Waals surface area contributed by atoms with Crippen molar-refractivity contribution in [2.75, 3.05) is 6.61 Å². The van der Waals surface area contributed by atoms with Crippen LogP contribution in [0, 0.1) is 0 Å². The van der Waals surface area contributed by atoms with Crippen LogP contribution >= 0.6 is 0 Å². The van der Waals surface area contributed by atoms with Crippen molar-refractivity contribution >= 4 is 6.29 Å². The van der Waals surface area contributed by atoms with Gasteiger partial charge in [-0.2, -0.15) is 0 Å². The first-order valence-electron chi connectivity index (χ1n) is 8.62. The SMILES string of the molecule is CCCCCCCCOc1ccc(-c2ccccc2)cc1C=O. The van der Waals surface area contributed by atoms with E-state index in [0.29, 0.717) is 17.9 Å². The summed E-state index contributed by atoms with van der Waals surface area (Å²) in [6, 6.07) is 15.9. The highest BCUT2D eigenvalue weighted by atomic mass is 16.5. The Morgan fingerprint density at radius 1 is 0.870 bits per heavy atom. The summed E-state index contributed by atoms with van der Waals surface area (Å²) in [6.45, 7) is 2.90. The van der Waals surface area contributed by atoms with Crippen LogP contribution in [-0.4, -0.2) is 12.9 Å². The van der Waals surface area contributed by atoms with Gasteiger partial charge in [0.15, 0.2) is 6.29 Å². The van der Waals surface area contributed by atoms with Crippen molar-refractivity contribution in [2.24, 2.45) is 0 Å². The number of hydrogen-bond acceptors (Lipinski definition) is 2. The molecule has 2 heteroatoms. The lowest BCUT2D eigenvalue weighted by Gasteiger charge is -2.10. The Hall–Kier alpha value is -2.09. The third kappa shape index (κ3) is 5.55. The average molecular weight is 310 g/mol. The second kappa shape index (κ2) is 9.83. The first-order valence-corrected chi connectivity index (χ1v) is 8.62. The van der Waals surface area contributed by atoms with Gasteiger partial charge in [0.25, 0.3) is 0 Å². The summed E-state index contributed by atoms with van der Waals surface area (Å²) in [5, 5.41) is 0. The molecule has 0 unspecified atom stereocenters. The molecule has 0 aromatic heterocycles. The zero-order valence-electron chi connectivity index (χ0n) is 14.0. The Labute approximate surface area is 139 Å². The number of rotatable bonds is 10. The van der Waals surface area contributed by atoms with Gasteiger partial charge in [-0.3, -0.25) is 4.79 Å². The fourth-order valence-corrected chi connectivity index (χ4v) is 2.65. The molecule has 0 aliphatic heterocycles. The van der Waals surface area contributed by atoms with Gasteiger partial charge in [-0.15, -0.1) is 0 Å². The summed E-state index contributed by atoms with van der Waals surface area (Å²) in [5.41, 5.74) is 2.77. The molecular weight excluding hydrogens is 284 g/mol. The van der Waals surface area contributed by atoms with Gasteiger partial charge >= 0.3 is 0 Å². The summed E-state index contributed by atoms with van der Waals surface area (Å²) in [4.78, 5) is 11.3. The first-order chi connectivity index (χ1) is 11.3. The van der Waals surface area contributed by atoms with Crippen molar-refractivity contribution in [2.45, 2.75) is 45.4 Å². The number of hydrogen-bond donors (Lipinski definition) is 0. The predicted molar refractivity (Wildman–Crippen MR) is 96.1 cm³/mol. The standard InChI is InChI=1S/C21H26O2/c1-2-3-4-5-6-10-15-23-21-14-13-19(16-20(21)17-22)18-11-8-7-9-12-18/h7-9,11-14,16-17H,2-6,10,15H2,1H3. The lowest BCUT2D eigenvalue weighted by Crippen LogP contribution is -2.00. The Morgan fingerprint density at radius 3 is 2.35 bits per heavy atom. The molecule has 23 heavy (non-hydrogen) atoms. The van der Waals surface area contributed by atoms with Crippen molar-refractivity contribution in [3.63, 3.8) is 0 Å². The molecule has 0 saturated carbocycles. The van der Waals surface area contributed by atoms with Gasteiger partial charge < -0.3 is 4.74 Å². The van der Waals surface area contributed by atoms with E-state index < -0.39 is 0 Å². The van der Waals surface area contributed by atoms with Gasteiger partial charge in [-0.1, -0.05) is 75.4 Å². The van der Waals surface area contributed by atoms with Gasteiger partial charge in [0.1, 0.15) is 5.75 Å². The molecule has 2 aromatic rings. The van der Waals surface area contributed by atoms with Crippen LogP contribution in [0.5, 0.6) is 5.75 Å². The molecule has 2 nitrogen and oxygen atoms in total. The highest BCUT2D eigenvalue weighted by Crippen LogP contribution is 2.26. The van der Waals surface area contributed by atoms with Gasteiger partial charge in [-0.05, 0) is 29.7 Å².